The Bertz CT molecular complexity index is 909. The second-order valence-electron chi connectivity index (χ2n) is 7.01. The average Bonchev–Trinajstić information content (AvgIpc) is 2.71. The van der Waals surface area contributed by atoms with Crippen molar-refractivity contribution < 1.29 is 17.9 Å². The van der Waals surface area contributed by atoms with E-state index in [0.717, 1.165) is 18.2 Å². The number of nitrogens with one attached hydrogen (secondary N) is 1. The molecule has 0 heterocycles. The van der Waals surface area contributed by atoms with E-state index in [1.165, 1.54) is 9.87 Å². The predicted molar refractivity (Wildman–Crippen MR) is 117 cm³/mol. The van der Waals surface area contributed by atoms with E-state index in [4.69, 9.17) is 4.74 Å². The Morgan fingerprint density at radius 3 is 2.10 bits per heavy atom. The van der Waals surface area contributed by atoms with Crippen molar-refractivity contribution in [1.29, 1.82) is 0 Å². The number of ether oxygens (including phenoxy) is 1. The molecule has 2 rings (SSSR count). The Morgan fingerprint density at radius 1 is 1.07 bits per heavy atom. The van der Waals surface area contributed by atoms with Gasteiger partial charge in [-0.25, -0.2) is 8.42 Å². The molecule has 2 atom stereocenters. The van der Waals surface area contributed by atoms with Crippen LogP contribution in [0, 0.1) is 0 Å². The van der Waals surface area contributed by atoms with Crippen LogP contribution in [0.15, 0.2) is 48.5 Å². The van der Waals surface area contributed by atoms with E-state index in [9.17, 15) is 13.2 Å². The van der Waals surface area contributed by atoms with Gasteiger partial charge in [-0.05, 0) is 55.2 Å². The third-order valence-electron chi connectivity index (χ3n) is 4.90. The Balaban J connectivity index is 2.26. The number of aryl methyl sites for hydroxylation is 1. The molecule has 0 aliphatic carbocycles. The molecular weight excluding hydrogens is 388 g/mol. The summed E-state index contributed by atoms with van der Waals surface area (Å²) in [5, 5.41) is 2.96. The first kappa shape index (κ1) is 22.7. The van der Waals surface area contributed by atoms with Gasteiger partial charge >= 0.3 is 0 Å². The zero-order valence-electron chi connectivity index (χ0n) is 17.7. The third-order valence-corrected chi connectivity index (χ3v) is 6.08. The predicted octanol–water partition coefficient (Wildman–Crippen LogP) is 3.68. The molecule has 0 aromatic heterocycles. The molecule has 0 saturated heterocycles. The lowest BCUT2D eigenvalue weighted by atomic mass is 10.0. The second kappa shape index (κ2) is 9.78. The zero-order chi connectivity index (χ0) is 21.6. The molecular formula is C22H30N2O4S. The molecule has 158 valence electrons. The minimum Gasteiger partial charge on any atom is -0.497 e. The number of carbonyl (C=O) groups is 1. The molecule has 0 aliphatic rings. The highest BCUT2D eigenvalue weighted by molar-refractivity contribution is 7.92. The number of amides is 1. The molecule has 0 fully saturated rings. The first-order valence-electron chi connectivity index (χ1n) is 9.73. The summed E-state index contributed by atoms with van der Waals surface area (Å²) in [6, 6.07) is 13.6. The molecule has 2 aromatic carbocycles. The van der Waals surface area contributed by atoms with Crippen molar-refractivity contribution in [3.8, 4) is 5.75 Å². The molecule has 0 aliphatic heterocycles. The fraction of sp³-hybridized carbons (Fsp3) is 0.409. The summed E-state index contributed by atoms with van der Waals surface area (Å²) in [5.74, 6) is 0.282. The van der Waals surface area contributed by atoms with E-state index in [2.05, 4.69) is 12.2 Å². The maximum absolute atomic E-state index is 13.0. The van der Waals surface area contributed by atoms with Crippen molar-refractivity contribution in [2.45, 2.75) is 45.7 Å². The Labute approximate surface area is 173 Å². The molecule has 0 radical (unpaired) electrons. The zero-order valence-corrected chi connectivity index (χ0v) is 18.5. The first-order chi connectivity index (χ1) is 13.7. The number of anilines is 1. The smallest absolute Gasteiger partial charge is 0.244 e. The van der Waals surface area contributed by atoms with E-state index in [1.807, 2.05) is 31.2 Å². The molecule has 0 unspecified atom stereocenters. The standard InChI is InChI=1S/C22H30N2O4S/c1-6-17-8-10-18(11-9-17)16(3)23-22(25)21(7-2)24(29(5,26)27)19-12-14-20(28-4)15-13-19/h8-16,21H,6-7H2,1-5H3,(H,23,25)/t16-,21-/m0/s1. The molecule has 0 spiro atoms. The average molecular weight is 419 g/mol. The van der Waals surface area contributed by atoms with Crippen LogP contribution in [0.1, 0.15) is 44.4 Å². The van der Waals surface area contributed by atoms with Gasteiger partial charge in [-0.3, -0.25) is 9.10 Å². The highest BCUT2D eigenvalue weighted by Crippen LogP contribution is 2.25. The van der Waals surface area contributed by atoms with Gasteiger partial charge in [0.05, 0.1) is 25.1 Å². The Hall–Kier alpha value is -2.54. The second-order valence-corrected chi connectivity index (χ2v) is 8.87. The first-order valence-corrected chi connectivity index (χ1v) is 11.6. The molecule has 1 amide bonds. The number of nitrogens with zero attached hydrogens (tertiary/aromatic N) is 1. The van der Waals surface area contributed by atoms with Gasteiger partial charge in [0.25, 0.3) is 0 Å². The maximum Gasteiger partial charge on any atom is 0.244 e. The maximum atomic E-state index is 13.0. The normalized spacial score (nSPS) is 13.4. The molecule has 29 heavy (non-hydrogen) atoms. The molecule has 0 saturated carbocycles. The van der Waals surface area contributed by atoms with E-state index in [1.54, 1.807) is 38.3 Å². The summed E-state index contributed by atoms with van der Waals surface area (Å²) in [5.41, 5.74) is 2.62. The topological polar surface area (TPSA) is 75.7 Å². The van der Waals surface area contributed by atoms with Gasteiger partial charge in [-0.2, -0.15) is 0 Å². The van der Waals surface area contributed by atoms with Crippen LogP contribution in [-0.2, 0) is 21.2 Å². The van der Waals surface area contributed by atoms with Crippen molar-refractivity contribution in [2.75, 3.05) is 17.7 Å². The fourth-order valence-electron chi connectivity index (χ4n) is 3.22. The minimum absolute atomic E-state index is 0.236. The SMILES string of the molecule is CCc1ccc([C@H](C)NC(=O)[C@H](CC)N(c2ccc(OC)cc2)S(C)(=O)=O)cc1. The molecule has 1 N–H and O–H groups in total. The van der Waals surface area contributed by atoms with Crippen LogP contribution in [0.2, 0.25) is 0 Å². The van der Waals surface area contributed by atoms with Gasteiger partial charge in [0, 0.05) is 0 Å². The lowest BCUT2D eigenvalue weighted by Gasteiger charge is -2.31. The van der Waals surface area contributed by atoms with Crippen LogP contribution in [0.5, 0.6) is 5.75 Å². The van der Waals surface area contributed by atoms with Gasteiger partial charge in [0.2, 0.25) is 15.9 Å². The summed E-state index contributed by atoms with van der Waals surface area (Å²) in [6.07, 6.45) is 2.40. The largest absolute Gasteiger partial charge is 0.497 e. The number of carbonyl (C=O) groups excluding carboxylic acids is 1. The number of methoxy groups -OCH3 is 1. The van der Waals surface area contributed by atoms with Crippen molar-refractivity contribution in [3.05, 3.63) is 59.7 Å². The minimum atomic E-state index is -3.67. The number of rotatable bonds is 9. The molecule has 6 nitrogen and oxygen atoms in total. The highest BCUT2D eigenvalue weighted by Gasteiger charge is 2.32. The van der Waals surface area contributed by atoms with Crippen molar-refractivity contribution in [3.63, 3.8) is 0 Å². The van der Waals surface area contributed by atoms with Gasteiger partial charge in [-0.15, -0.1) is 0 Å². The number of sulfonamides is 1. The van der Waals surface area contributed by atoms with Crippen molar-refractivity contribution in [1.82, 2.24) is 5.32 Å². The van der Waals surface area contributed by atoms with Crippen molar-refractivity contribution in [2.24, 2.45) is 0 Å². The monoisotopic (exact) mass is 418 g/mol. The van der Waals surface area contributed by atoms with Gasteiger partial charge in [0.15, 0.2) is 0 Å². The quantitative estimate of drug-likeness (QED) is 0.674. The van der Waals surface area contributed by atoms with E-state index in [0.29, 0.717) is 17.9 Å². The van der Waals surface area contributed by atoms with Crippen LogP contribution in [0.3, 0.4) is 0 Å². The van der Waals surface area contributed by atoms with Gasteiger partial charge < -0.3 is 10.1 Å². The van der Waals surface area contributed by atoms with Crippen molar-refractivity contribution >= 4 is 21.6 Å². The summed E-state index contributed by atoms with van der Waals surface area (Å²) < 4.78 is 31.4. The van der Waals surface area contributed by atoms with Gasteiger partial charge in [-0.1, -0.05) is 38.1 Å². The molecule has 2 aromatic rings. The third kappa shape index (κ3) is 5.73. The van der Waals surface area contributed by atoms with E-state index < -0.39 is 16.1 Å². The molecule has 7 heteroatoms. The molecule has 0 bridgehead atoms. The van der Waals surface area contributed by atoms with E-state index in [-0.39, 0.29) is 11.9 Å². The fourth-order valence-corrected chi connectivity index (χ4v) is 4.44. The lowest BCUT2D eigenvalue weighted by Crippen LogP contribution is -2.49. The van der Waals surface area contributed by atoms with Crippen LogP contribution in [-0.4, -0.2) is 33.7 Å². The summed E-state index contributed by atoms with van der Waals surface area (Å²) in [7, 11) is -2.13. The summed E-state index contributed by atoms with van der Waals surface area (Å²) in [4.78, 5) is 13.0. The van der Waals surface area contributed by atoms with E-state index >= 15 is 0 Å². The van der Waals surface area contributed by atoms with Crippen LogP contribution >= 0.6 is 0 Å². The Kier molecular flexibility index (Phi) is 7.67. The number of hydrogen-bond acceptors (Lipinski definition) is 4. The number of hydrogen-bond donors (Lipinski definition) is 1. The lowest BCUT2D eigenvalue weighted by molar-refractivity contribution is -0.122. The van der Waals surface area contributed by atoms with Crippen LogP contribution < -0.4 is 14.4 Å². The van der Waals surface area contributed by atoms with Gasteiger partial charge in [0.1, 0.15) is 11.8 Å². The van der Waals surface area contributed by atoms with Crippen LogP contribution in [0.4, 0.5) is 5.69 Å². The Morgan fingerprint density at radius 2 is 1.66 bits per heavy atom. The summed E-state index contributed by atoms with van der Waals surface area (Å²) in [6.45, 7) is 5.78. The summed E-state index contributed by atoms with van der Waals surface area (Å²) >= 11 is 0. The highest BCUT2D eigenvalue weighted by atomic mass is 32.2. The number of benzene rings is 2. The van der Waals surface area contributed by atoms with Crippen LogP contribution in [0.25, 0.3) is 0 Å².